The molecule has 0 saturated heterocycles. The van der Waals surface area contributed by atoms with Crippen LogP contribution in [-0.4, -0.2) is 25.2 Å². The highest BCUT2D eigenvalue weighted by molar-refractivity contribution is 5.84. The normalized spacial score (nSPS) is 10.4. The summed E-state index contributed by atoms with van der Waals surface area (Å²) in [5.74, 6) is -1.05. The molecule has 88 valence electrons. The van der Waals surface area contributed by atoms with Crippen molar-refractivity contribution in [2.75, 3.05) is 0 Å². The monoisotopic (exact) mass is 233 g/mol. The molecule has 2 rings (SSSR count). The Balaban J connectivity index is 2.05. The third-order valence-electron chi connectivity index (χ3n) is 2.35. The van der Waals surface area contributed by atoms with Gasteiger partial charge in [0.25, 0.3) is 5.56 Å². The van der Waals surface area contributed by atoms with Gasteiger partial charge in [0, 0.05) is 31.5 Å². The van der Waals surface area contributed by atoms with Crippen molar-refractivity contribution < 1.29 is 9.90 Å². The maximum atomic E-state index is 11.4. The van der Waals surface area contributed by atoms with E-state index in [-0.39, 0.29) is 11.3 Å². The second-order valence-electron chi connectivity index (χ2n) is 3.53. The molecule has 0 aliphatic rings. The maximum absolute atomic E-state index is 11.4. The number of aromatic carboxylic acids is 1. The van der Waals surface area contributed by atoms with E-state index < -0.39 is 5.97 Å². The lowest BCUT2D eigenvalue weighted by Gasteiger charge is -2.04. The Labute approximate surface area is 96.8 Å². The van der Waals surface area contributed by atoms with Crippen molar-refractivity contribution in [1.29, 1.82) is 0 Å². The molecule has 17 heavy (non-hydrogen) atoms. The molecule has 2 heterocycles. The zero-order valence-corrected chi connectivity index (χ0v) is 8.98. The van der Waals surface area contributed by atoms with Gasteiger partial charge in [-0.2, -0.15) is 0 Å². The molecule has 0 aliphatic carbocycles. The number of imidazole rings is 1. The molecule has 0 spiro atoms. The fraction of sp³-hybridized carbons (Fsp3) is 0.182. The van der Waals surface area contributed by atoms with Crippen LogP contribution in [0.25, 0.3) is 0 Å². The van der Waals surface area contributed by atoms with Crippen LogP contribution in [0.1, 0.15) is 10.5 Å². The smallest absolute Gasteiger partial charge is 0.356 e. The minimum atomic E-state index is -1.05. The van der Waals surface area contributed by atoms with Crippen LogP contribution in [0.3, 0.4) is 0 Å². The van der Waals surface area contributed by atoms with Crippen LogP contribution in [0.2, 0.25) is 0 Å². The molecule has 0 unspecified atom stereocenters. The largest absolute Gasteiger partial charge is 0.476 e. The second-order valence-corrected chi connectivity index (χ2v) is 3.53. The zero-order chi connectivity index (χ0) is 12.3. The van der Waals surface area contributed by atoms with Crippen LogP contribution in [0.4, 0.5) is 0 Å². The van der Waals surface area contributed by atoms with Crippen LogP contribution in [0.5, 0.6) is 0 Å². The third-order valence-corrected chi connectivity index (χ3v) is 2.35. The first-order chi connectivity index (χ1) is 8.16. The van der Waals surface area contributed by atoms with Gasteiger partial charge < -0.3 is 14.2 Å². The van der Waals surface area contributed by atoms with Gasteiger partial charge in [0.15, 0.2) is 5.69 Å². The SMILES string of the molecule is O=C(O)c1cn(CCn2ccccc2=O)cn1. The summed E-state index contributed by atoms with van der Waals surface area (Å²) in [6.07, 6.45) is 4.57. The number of hydrogen-bond acceptors (Lipinski definition) is 3. The number of carboxylic acids is 1. The van der Waals surface area contributed by atoms with Gasteiger partial charge in [-0.3, -0.25) is 4.79 Å². The van der Waals surface area contributed by atoms with Crippen LogP contribution in [0.15, 0.2) is 41.7 Å². The Hall–Kier alpha value is -2.37. The maximum Gasteiger partial charge on any atom is 0.356 e. The highest BCUT2D eigenvalue weighted by Gasteiger charge is 2.06. The minimum absolute atomic E-state index is 0.00501. The standard InChI is InChI=1S/C11H11N3O3/c15-10-3-1-2-4-14(10)6-5-13-7-9(11(16)17)12-8-13/h1-4,7-8H,5-6H2,(H,16,17). The minimum Gasteiger partial charge on any atom is -0.476 e. The average Bonchev–Trinajstić information content (AvgIpc) is 2.77. The highest BCUT2D eigenvalue weighted by Crippen LogP contribution is 1.96. The summed E-state index contributed by atoms with van der Waals surface area (Å²) >= 11 is 0. The van der Waals surface area contributed by atoms with E-state index in [2.05, 4.69) is 4.98 Å². The van der Waals surface area contributed by atoms with E-state index >= 15 is 0 Å². The number of aryl methyl sites for hydroxylation is 2. The van der Waals surface area contributed by atoms with Crippen LogP contribution < -0.4 is 5.56 Å². The molecular weight excluding hydrogens is 222 g/mol. The number of aromatic nitrogens is 3. The summed E-state index contributed by atoms with van der Waals surface area (Å²) in [4.78, 5) is 25.7. The van der Waals surface area contributed by atoms with Crippen molar-refractivity contribution in [3.8, 4) is 0 Å². The lowest BCUT2D eigenvalue weighted by atomic mass is 10.4. The van der Waals surface area contributed by atoms with Crippen LogP contribution in [0, 0.1) is 0 Å². The number of pyridine rings is 1. The first-order valence-electron chi connectivity index (χ1n) is 5.07. The van der Waals surface area contributed by atoms with Crippen LogP contribution in [-0.2, 0) is 13.1 Å². The van der Waals surface area contributed by atoms with Gasteiger partial charge in [-0.15, -0.1) is 0 Å². The van der Waals surface area contributed by atoms with Crippen molar-refractivity contribution in [3.63, 3.8) is 0 Å². The second kappa shape index (κ2) is 4.65. The lowest BCUT2D eigenvalue weighted by molar-refractivity contribution is 0.0691. The molecular formula is C11H11N3O3. The number of rotatable bonds is 4. The van der Waals surface area contributed by atoms with E-state index in [9.17, 15) is 9.59 Å². The van der Waals surface area contributed by atoms with Gasteiger partial charge in [0.2, 0.25) is 0 Å². The van der Waals surface area contributed by atoms with Crippen molar-refractivity contribution in [2.24, 2.45) is 0 Å². The lowest BCUT2D eigenvalue weighted by Crippen LogP contribution is -2.20. The fourth-order valence-electron chi connectivity index (χ4n) is 1.46. The summed E-state index contributed by atoms with van der Waals surface area (Å²) in [5, 5.41) is 8.70. The fourth-order valence-corrected chi connectivity index (χ4v) is 1.46. The molecule has 0 aliphatic heterocycles. The Bertz CT molecular complexity index is 585. The van der Waals surface area contributed by atoms with E-state index in [1.165, 1.54) is 18.6 Å². The van der Waals surface area contributed by atoms with Crippen molar-refractivity contribution in [2.45, 2.75) is 13.1 Å². The molecule has 0 fully saturated rings. The summed E-state index contributed by atoms with van der Waals surface area (Å²) in [7, 11) is 0. The van der Waals surface area contributed by atoms with E-state index in [1.807, 2.05) is 0 Å². The molecule has 6 nitrogen and oxygen atoms in total. The Morgan fingerprint density at radius 2 is 2.18 bits per heavy atom. The molecule has 0 radical (unpaired) electrons. The van der Waals surface area contributed by atoms with E-state index in [0.29, 0.717) is 13.1 Å². The zero-order valence-electron chi connectivity index (χ0n) is 8.98. The molecule has 0 saturated carbocycles. The van der Waals surface area contributed by atoms with E-state index in [1.54, 1.807) is 27.5 Å². The number of hydrogen-bond donors (Lipinski definition) is 1. The van der Waals surface area contributed by atoms with Crippen molar-refractivity contribution in [1.82, 2.24) is 14.1 Å². The number of carboxylic acid groups (broad SMARTS) is 1. The molecule has 0 amide bonds. The molecule has 0 aromatic carbocycles. The summed E-state index contributed by atoms with van der Waals surface area (Å²) in [6, 6.07) is 4.94. The van der Waals surface area contributed by atoms with Gasteiger partial charge >= 0.3 is 5.97 Å². The van der Waals surface area contributed by atoms with Crippen molar-refractivity contribution >= 4 is 5.97 Å². The Morgan fingerprint density at radius 3 is 2.82 bits per heavy atom. The van der Waals surface area contributed by atoms with E-state index in [0.717, 1.165) is 0 Å². The van der Waals surface area contributed by atoms with Gasteiger partial charge in [0.1, 0.15) is 0 Å². The predicted molar refractivity (Wildman–Crippen MR) is 59.9 cm³/mol. The number of nitrogens with zero attached hydrogens (tertiary/aromatic N) is 3. The Kier molecular flexibility index (Phi) is 3.04. The molecule has 0 bridgehead atoms. The average molecular weight is 233 g/mol. The quantitative estimate of drug-likeness (QED) is 0.831. The van der Waals surface area contributed by atoms with Gasteiger partial charge in [0.05, 0.1) is 6.33 Å². The van der Waals surface area contributed by atoms with Crippen molar-refractivity contribution in [3.05, 3.63) is 53.0 Å². The Morgan fingerprint density at radius 1 is 1.35 bits per heavy atom. The van der Waals surface area contributed by atoms with Gasteiger partial charge in [-0.1, -0.05) is 6.07 Å². The van der Waals surface area contributed by atoms with Gasteiger partial charge in [-0.25, -0.2) is 9.78 Å². The van der Waals surface area contributed by atoms with E-state index in [4.69, 9.17) is 5.11 Å². The number of carbonyl (C=O) groups is 1. The topological polar surface area (TPSA) is 77.1 Å². The summed E-state index contributed by atoms with van der Waals surface area (Å²) in [6.45, 7) is 0.985. The molecule has 0 atom stereocenters. The molecule has 1 N–H and O–H groups in total. The summed E-state index contributed by atoms with van der Waals surface area (Å²) < 4.78 is 3.20. The summed E-state index contributed by atoms with van der Waals surface area (Å²) in [5.41, 5.74) is -0.0727. The molecule has 2 aromatic heterocycles. The predicted octanol–water partition coefficient (Wildman–Crippen LogP) is 0.443. The third kappa shape index (κ3) is 2.60. The van der Waals surface area contributed by atoms with Crippen LogP contribution >= 0.6 is 0 Å². The first-order valence-corrected chi connectivity index (χ1v) is 5.07. The molecule has 2 aromatic rings. The first kappa shape index (κ1) is 11.1. The highest BCUT2D eigenvalue weighted by atomic mass is 16.4. The van der Waals surface area contributed by atoms with Gasteiger partial charge in [-0.05, 0) is 6.07 Å². The molecule has 6 heteroatoms.